The van der Waals surface area contributed by atoms with E-state index in [1.807, 2.05) is 48.8 Å². The minimum absolute atomic E-state index is 0.556. The van der Waals surface area contributed by atoms with Crippen LogP contribution in [0.4, 0.5) is 0 Å². The molecular formula is C24H30N4O. The Bertz CT molecular complexity index is 854. The van der Waals surface area contributed by atoms with Gasteiger partial charge in [0.25, 0.3) is 0 Å². The van der Waals surface area contributed by atoms with Gasteiger partial charge >= 0.3 is 0 Å². The summed E-state index contributed by atoms with van der Waals surface area (Å²) in [7, 11) is 0. The highest BCUT2D eigenvalue weighted by Gasteiger charge is 2.05. The van der Waals surface area contributed by atoms with Crippen molar-refractivity contribution in [1.82, 2.24) is 20.6 Å². The predicted octanol–water partition coefficient (Wildman–Crippen LogP) is 4.02. The van der Waals surface area contributed by atoms with Crippen molar-refractivity contribution in [3.8, 4) is 5.75 Å². The third kappa shape index (κ3) is 7.29. The van der Waals surface area contributed by atoms with Crippen LogP contribution in [-0.4, -0.2) is 23.1 Å². The van der Waals surface area contributed by atoms with Crippen LogP contribution < -0.4 is 15.4 Å². The van der Waals surface area contributed by atoms with Gasteiger partial charge in [-0.2, -0.15) is 0 Å². The summed E-state index contributed by atoms with van der Waals surface area (Å²) in [6.45, 7) is 6.15. The van der Waals surface area contributed by atoms with E-state index >= 15 is 0 Å². The van der Waals surface area contributed by atoms with Gasteiger partial charge in [0.1, 0.15) is 12.4 Å². The molecular weight excluding hydrogens is 360 g/mol. The van der Waals surface area contributed by atoms with Gasteiger partial charge in [0.15, 0.2) is 0 Å². The third-order valence-electron chi connectivity index (χ3n) is 4.75. The van der Waals surface area contributed by atoms with Crippen molar-refractivity contribution in [3.63, 3.8) is 0 Å². The Morgan fingerprint density at radius 2 is 1.41 bits per heavy atom. The van der Waals surface area contributed by atoms with Crippen molar-refractivity contribution in [1.29, 1.82) is 0 Å². The minimum atomic E-state index is 0.556. The molecule has 2 N–H and O–H groups in total. The van der Waals surface area contributed by atoms with Gasteiger partial charge in [0.2, 0.25) is 0 Å². The Balaban J connectivity index is 1.31. The molecule has 0 aliphatic heterocycles. The average molecular weight is 391 g/mol. The number of ether oxygens (including phenoxy) is 1. The Morgan fingerprint density at radius 3 is 2.14 bits per heavy atom. The summed E-state index contributed by atoms with van der Waals surface area (Å²) in [5.41, 5.74) is 4.47. The summed E-state index contributed by atoms with van der Waals surface area (Å²) in [6.07, 6.45) is 5.90. The number of nitrogens with zero attached hydrogens (tertiary/aromatic N) is 2. The van der Waals surface area contributed by atoms with E-state index in [1.54, 1.807) is 0 Å². The van der Waals surface area contributed by atoms with E-state index in [2.05, 4.69) is 45.7 Å². The number of pyridine rings is 2. The molecule has 3 rings (SSSR count). The molecule has 0 amide bonds. The number of aromatic nitrogens is 2. The van der Waals surface area contributed by atoms with Crippen LogP contribution in [0.5, 0.6) is 5.75 Å². The lowest BCUT2D eigenvalue weighted by Gasteiger charge is -2.11. The van der Waals surface area contributed by atoms with Gasteiger partial charge < -0.3 is 15.4 Å². The van der Waals surface area contributed by atoms with Crippen LogP contribution in [0.3, 0.4) is 0 Å². The summed E-state index contributed by atoms with van der Waals surface area (Å²) >= 11 is 0. The number of benzene rings is 1. The highest BCUT2D eigenvalue weighted by Crippen LogP contribution is 2.17. The Labute approximate surface area is 173 Å². The second-order valence-corrected chi connectivity index (χ2v) is 7.05. The molecule has 5 heteroatoms. The van der Waals surface area contributed by atoms with Crippen LogP contribution in [-0.2, 0) is 19.7 Å². The van der Waals surface area contributed by atoms with E-state index in [4.69, 9.17) is 4.74 Å². The van der Waals surface area contributed by atoms with Crippen molar-refractivity contribution in [2.24, 2.45) is 0 Å². The number of hydrogen-bond acceptors (Lipinski definition) is 5. The third-order valence-corrected chi connectivity index (χ3v) is 4.75. The van der Waals surface area contributed by atoms with Crippen LogP contribution in [0, 0.1) is 6.92 Å². The number of unbranched alkanes of at least 4 members (excludes halogenated alkanes) is 1. The molecule has 2 aromatic heterocycles. The average Bonchev–Trinajstić information content (AvgIpc) is 2.76. The fourth-order valence-corrected chi connectivity index (χ4v) is 3.04. The molecule has 3 aromatic rings. The van der Waals surface area contributed by atoms with E-state index in [1.165, 1.54) is 5.56 Å². The molecule has 29 heavy (non-hydrogen) atoms. The molecule has 0 aliphatic rings. The van der Waals surface area contributed by atoms with Crippen molar-refractivity contribution >= 4 is 0 Å². The minimum Gasteiger partial charge on any atom is -0.487 e. The van der Waals surface area contributed by atoms with E-state index in [0.717, 1.165) is 55.2 Å². The first-order valence-corrected chi connectivity index (χ1v) is 10.3. The maximum atomic E-state index is 5.97. The SMILES string of the molecule is Cc1cccnc1CNCCCCNCc1ncccc1OCc1ccccc1. The standard InChI is InChI=1S/C24H30N4O/c1-20-9-7-15-27-22(20)17-25-13-5-6-14-26-18-23-24(12-8-16-28-23)29-19-21-10-3-2-4-11-21/h2-4,7-12,15-16,25-26H,5-6,13-14,17-19H2,1H3. The zero-order chi connectivity index (χ0) is 20.2. The maximum Gasteiger partial charge on any atom is 0.142 e. The Kier molecular flexibility index (Phi) is 8.63. The van der Waals surface area contributed by atoms with Gasteiger partial charge in [-0.15, -0.1) is 0 Å². The molecule has 152 valence electrons. The van der Waals surface area contributed by atoms with E-state index in [-0.39, 0.29) is 0 Å². The predicted molar refractivity (Wildman–Crippen MR) is 117 cm³/mol. The number of aryl methyl sites for hydroxylation is 1. The van der Waals surface area contributed by atoms with Crippen molar-refractivity contribution in [3.05, 3.63) is 89.5 Å². The summed E-state index contributed by atoms with van der Waals surface area (Å²) in [4.78, 5) is 8.88. The van der Waals surface area contributed by atoms with E-state index in [9.17, 15) is 0 Å². The maximum absolute atomic E-state index is 5.97. The van der Waals surface area contributed by atoms with Crippen LogP contribution >= 0.6 is 0 Å². The first kappa shape index (κ1) is 21.0. The van der Waals surface area contributed by atoms with Gasteiger partial charge in [-0.1, -0.05) is 36.4 Å². The van der Waals surface area contributed by atoms with Gasteiger partial charge in [0, 0.05) is 25.5 Å². The largest absolute Gasteiger partial charge is 0.487 e. The number of rotatable bonds is 12. The first-order valence-electron chi connectivity index (χ1n) is 10.3. The normalized spacial score (nSPS) is 10.8. The Hall–Kier alpha value is -2.76. The second-order valence-electron chi connectivity index (χ2n) is 7.05. The molecule has 0 atom stereocenters. The number of hydrogen-bond donors (Lipinski definition) is 2. The van der Waals surface area contributed by atoms with Crippen LogP contribution in [0.1, 0.15) is 35.4 Å². The zero-order valence-corrected chi connectivity index (χ0v) is 17.1. The van der Waals surface area contributed by atoms with Crippen LogP contribution in [0.2, 0.25) is 0 Å². The molecule has 5 nitrogen and oxygen atoms in total. The molecule has 0 radical (unpaired) electrons. The van der Waals surface area contributed by atoms with Gasteiger partial charge in [0.05, 0.1) is 11.4 Å². The van der Waals surface area contributed by atoms with Crippen molar-refractivity contribution in [2.75, 3.05) is 13.1 Å². The molecule has 0 fully saturated rings. The molecule has 0 saturated heterocycles. The van der Waals surface area contributed by atoms with E-state index < -0.39 is 0 Å². The highest BCUT2D eigenvalue weighted by molar-refractivity contribution is 5.27. The zero-order valence-electron chi connectivity index (χ0n) is 17.1. The lowest BCUT2D eigenvalue weighted by atomic mass is 10.2. The van der Waals surface area contributed by atoms with Crippen LogP contribution in [0.15, 0.2) is 67.0 Å². The molecule has 0 aliphatic carbocycles. The second kappa shape index (κ2) is 11.9. The quantitative estimate of drug-likeness (QED) is 0.457. The first-order chi connectivity index (χ1) is 14.3. The van der Waals surface area contributed by atoms with Crippen molar-refractivity contribution < 1.29 is 4.74 Å². The highest BCUT2D eigenvalue weighted by atomic mass is 16.5. The molecule has 0 unspecified atom stereocenters. The molecule has 0 spiro atoms. The fourth-order valence-electron chi connectivity index (χ4n) is 3.04. The summed E-state index contributed by atoms with van der Waals surface area (Å²) in [5.74, 6) is 0.844. The lowest BCUT2D eigenvalue weighted by molar-refractivity contribution is 0.300. The monoisotopic (exact) mass is 390 g/mol. The topological polar surface area (TPSA) is 59.1 Å². The van der Waals surface area contributed by atoms with Gasteiger partial charge in [-0.05, 0) is 62.2 Å². The lowest BCUT2D eigenvalue weighted by Crippen LogP contribution is -2.20. The van der Waals surface area contributed by atoms with Gasteiger partial charge in [-0.25, -0.2) is 0 Å². The molecule has 1 aromatic carbocycles. The summed E-state index contributed by atoms with van der Waals surface area (Å²) in [5, 5.41) is 6.95. The molecule has 0 saturated carbocycles. The van der Waals surface area contributed by atoms with Gasteiger partial charge in [-0.3, -0.25) is 9.97 Å². The van der Waals surface area contributed by atoms with Crippen molar-refractivity contribution in [2.45, 2.75) is 39.5 Å². The molecule has 0 bridgehead atoms. The summed E-state index contributed by atoms with van der Waals surface area (Å²) < 4.78 is 5.97. The van der Waals surface area contributed by atoms with Crippen LogP contribution in [0.25, 0.3) is 0 Å². The Morgan fingerprint density at radius 1 is 0.759 bits per heavy atom. The molecule has 2 heterocycles. The van der Waals surface area contributed by atoms with E-state index in [0.29, 0.717) is 13.2 Å². The number of nitrogens with one attached hydrogen (secondary N) is 2. The summed E-state index contributed by atoms with van der Waals surface area (Å²) in [6, 6.07) is 18.2. The smallest absolute Gasteiger partial charge is 0.142 e. The fraction of sp³-hybridized carbons (Fsp3) is 0.333.